The molecule has 2 N–H and O–H groups in total. The number of primary amides is 1. The maximum absolute atomic E-state index is 12.7. The molecular weight excluding hydrogens is 432 g/mol. The zero-order chi connectivity index (χ0) is 21.8. The number of piperazine rings is 1. The largest absolute Gasteiger partial charge is 0.366 e. The molecule has 8 heteroatoms. The monoisotopic (exact) mass is 454 g/mol. The molecule has 4 rings (SSSR count). The Balaban J connectivity index is 1.29. The number of hydrogen-bond donors (Lipinski definition) is 1. The van der Waals surface area contributed by atoms with Crippen molar-refractivity contribution in [1.82, 2.24) is 14.8 Å². The van der Waals surface area contributed by atoms with Crippen LogP contribution >= 0.6 is 22.9 Å². The molecular formula is C23H23ClN4O2S. The predicted molar refractivity (Wildman–Crippen MR) is 123 cm³/mol. The van der Waals surface area contributed by atoms with E-state index in [0.717, 1.165) is 41.5 Å². The summed E-state index contributed by atoms with van der Waals surface area (Å²) in [5, 5.41) is 3.43. The standard InChI is InChI=1S/C23H23ClN4O2S/c24-20-4-2-1-3-19(20)23-26-18(15-31-23)13-21(29)28-11-9-27(10-12-28)14-16-5-7-17(8-6-16)22(25)30/h1-8,15H,9-14H2,(H2,25,30). The number of thiazole rings is 1. The first-order valence-electron chi connectivity index (χ1n) is 10.1. The molecule has 31 heavy (non-hydrogen) atoms. The first kappa shape index (κ1) is 21.5. The molecule has 1 aliphatic rings. The van der Waals surface area contributed by atoms with Gasteiger partial charge in [0.05, 0.1) is 17.1 Å². The molecule has 2 heterocycles. The summed E-state index contributed by atoms with van der Waals surface area (Å²) < 4.78 is 0. The average molecular weight is 455 g/mol. The number of hydrogen-bond acceptors (Lipinski definition) is 5. The molecule has 0 unspecified atom stereocenters. The van der Waals surface area contributed by atoms with E-state index < -0.39 is 5.91 Å². The molecule has 2 aromatic carbocycles. The van der Waals surface area contributed by atoms with E-state index in [2.05, 4.69) is 9.88 Å². The number of carbonyl (C=O) groups excluding carboxylic acids is 2. The maximum atomic E-state index is 12.7. The second-order valence-corrected chi connectivity index (χ2v) is 8.78. The minimum Gasteiger partial charge on any atom is -0.366 e. The molecule has 0 bridgehead atoms. The maximum Gasteiger partial charge on any atom is 0.248 e. The van der Waals surface area contributed by atoms with Crippen LogP contribution in [0.25, 0.3) is 10.6 Å². The van der Waals surface area contributed by atoms with Crippen molar-refractivity contribution >= 4 is 34.8 Å². The fourth-order valence-electron chi connectivity index (χ4n) is 3.60. The third kappa shape index (κ3) is 5.31. The van der Waals surface area contributed by atoms with Crippen molar-refractivity contribution < 1.29 is 9.59 Å². The van der Waals surface area contributed by atoms with Gasteiger partial charge in [0.15, 0.2) is 0 Å². The Bertz CT molecular complexity index is 1080. The second kappa shape index (κ2) is 9.60. The lowest BCUT2D eigenvalue weighted by atomic mass is 10.1. The Labute approximate surface area is 190 Å². The molecule has 1 aromatic heterocycles. The Morgan fingerprint density at radius 2 is 1.74 bits per heavy atom. The SMILES string of the molecule is NC(=O)c1ccc(CN2CCN(C(=O)Cc3csc(-c4ccccc4Cl)n3)CC2)cc1. The Morgan fingerprint density at radius 3 is 2.42 bits per heavy atom. The summed E-state index contributed by atoms with van der Waals surface area (Å²) in [5.74, 6) is -0.320. The number of nitrogens with two attached hydrogens (primary N) is 1. The molecule has 2 amide bonds. The van der Waals surface area contributed by atoms with Gasteiger partial charge in [0, 0.05) is 49.2 Å². The van der Waals surface area contributed by atoms with Gasteiger partial charge < -0.3 is 10.6 Å². The molecule has 6 nitrogen and oxygen atoms in total. The average Bonchev–Trinajstić information content (AvgIpc) is 3.23. The van der Waals surface area contributed by atoms with Crippen LogP contribution in [-0.4, -0.2) is 52.8 Å². The number of rotatable bonds is 6. The summed E-state index contributed by atoms with van der Waals surface area (Å²) in [6.45, 7) is 3.80. The van der Waals surface area contributed by atoms with Crippen molar-refractivity contribution in [2.45, 2.75) is 13.0 Å². The van der Waals surface area contributed by atoms with E-state index in [1.165, 1.54) is 11.3 Å². The number of nitrogens with zero attached hydrogens (tertiary/aromatic N) is 3. The molecule has 3 aromatic rings. The van der Waals surface area contributed by atoms with Gasteiger partial charge >= 0.3 is 0 Å². The van der Waals surface area contributed by atoms with Crippen molar-refractivity contribution in [2.75, 3.05) is 26.2 Å². The molecule has 0 aliphatic carbocycles. The first-order chi connectivity index (χ1) is 15.0. The lowest BCUT2D eigenvalue weighted by Gasteiger charge is -2.34. The van der Waals surface area contributed by atoms with Gasteiger partial charge in [-0.3, -0.25) is 14.5 Å². The fraction of sp³-hybridized carbons (Fsp3) is 0.261. The minimum absolute atomic E-state index is 0.0986. The highest BCUT2D eigenvalue weighted by Crippen LogP contribution is 2.30. The molecule has 0 saturated carbocycles. The topological polar surface area (TPSA) is 79.5 Å². The van der Waals surface area contributed by atoms with Crippen LogP contribution < -0.4 is 5.73 Å². The molecule has 1 fully saturated rings. The summed E-state index contributed by atoms with van der Waals surface area (Å²) >= 11 is 7.76. The lowest BCUT2D eigenvalue weighted by molar-refractivity contribution is -0.132. The van der Waals surface area contributed by atoms with Crippen LogP contribution in [0, 0.1) is 0 Å². The van der Waals surface area contributed by atoms with Gasteiger partial charge in [0.1, 0.15) is 5.01 Å². The first-order valence-corrected chi connectivity index (χ1v) is 11.3. The van der Waals surface area contributed by atoms with Crippen LogP contribution in [0.4, 0.5) is 0 Å². The normalized spacial score (nSPS) is 14.5. The third-order valence-electron chi connectivity index (χ3n) is 5.36. The summed E-state index contributed by atoms with van der Waals surface area (Å²) in [7, 11) is 0. The fourth-order valence-corrected chi connectivity index (χ4v) is 4.74. The number of aromatic nitrogens is 1. The Morgan fingerprint density at radius 1 is 1.03 bits per heavy atom. The third-order valence-corrected chi connectivity index (χ3v) is 6.61. The number of carbonyl (C=O) groups is 2. The molecule has 0 spiro atoms. The van der Waals surface area contributed by atoms with E-state index in [1.807, 2.05) is 46.7 Å². The van der Waals surface area contributed by atoms with Gasteiger partial charge in [-0.15, -0.1) is 11.3 Å². The van der Waals surface area contributed by atoms with E-state index in [0.29, 0.717) is 30.1 Å². The Kier molecular flexibility index (Phi) is 6.65. The van der Waals surface area contributed by atoms with Crippen LogP contribution in [0.5, 0.6) is 0 Å². The van der Waals surface area contributed by atoms with Crippen LogP contribution in [-0.2, 0) is 17.8 Å². The summed E-state index contributed by atoms with van der Waals surface area (Å²) in [4.78, 5) is 32.8. The highest BCUT2D eigenvalue weighted by atomic mass is 35.5. The summed E-state index contributed by atoms with van der Waals surface area (Å²) in [6.07, 6.45) is 0.301. The van der Waals surface area contributed by atoms with E-state index >= 15 is 0 Å². The number of halogens is 1. The van der Waals surface area contributed by atoms with Crippen molar-refractivity contribution in [3.05, 3.63) is 75.8 Å². The zero-order valence-electron chi connectivity index (χ0n) is 17.0. The van der Waals surface area contributed by atoms with Gasteiger partial charge in [-0.1, -0.05) is 41.9 Å². The van der Waals surface area contributed by atoms with Crippen molar-refractivity contribution in [1.29, 1.82) is 0 Å². The molecule has 0 atom stereocenters. The summed E-state index contributed by atoms with van der Waals surface area (Å²) in [5.41, 5.74) is 8.60. The van der Waals surface area contributed by atoms with Gasteiger partial charge in [0.25, 0.3) is 0 Å². The summed E-state index contributed by atoms with van der Waals surface area (Å²) in [6, 6.07) is 15.0. The van der Waals surface area contributed by atoms with Gasteiger partial charge in [-0.2, -0.15) is 0 Å². The Hall–Kier alpha value is -2.74. The van der Waals surface area contributed by atoms with E-state index in [9.17, 15) is 9.59 Å². The van der Waals surface area contributed by atoms with Crippen molar-refractivity contribution in [3.63, 3.8) is 0 Å². The van der Waals surface area contributed by atoms with Crippen LogP contribution in [0.2, 0.25) is 5.02 Å². The van der Waals surface area contributed by atoms with E-state index in [4.69, 9.17) is 17.3 Å². The molecule has 1 saturated heterocycles. The van der Waals surface area contributed by atoms with E-state index in [-0.39, 0.29) is 5.91 Å². The molecule has 0 radical (unpaired) electrons. The van der Waals surface area contributed by atoms with Crippen LogP contribution in [0.3, 0.4) is 0 Å². The van der Waals surface area contributed by atoms with Gasteiger partial charge in [-0.25, -0.2) is 4.98 Å². The van der Waals surface area contributed by atoms with E-state index in [1.54, 1.807) is 12.1 Å². The van der Waals surface area contributed by atoms with Crippen LogP contribution in [0.1, 0.15) is 21.6 Å². The second-order valence-electron chi connectivity index (χ2n) is 7.52. The number of amides is 2. The molecule has 160 valence electrons. The van der Waals surface area contributed by atoms with Gasteiger partial charge in [0.2, 0.25) is 11.8 Å². The highest BCUT2D eigenvalue weighted by Gasteiger charge is 2.22. The molecule has 1 aliphatic heterocycles. The van der Waals surface area contributed by atoms with Crippen LogP contribution in [0.15, 0.2) is 53.9 Å². The van der Waals surface area contributed by atoms with Crippen molar-refractivity contribution in [3.8, 4) is 10.6 Å². The number of benzene rings is 2. The quantitative estimate of drug-likeness (QED) is 0.618. The minimum atomic E-state index is -0.419. The predicted octanol–water partition coefficient (Wildman–Crippen LogP) is 3.45. The smallest absolute Gasteiger partial charge is 0.248 e. The lowest BCUT2D eigenvalue weighted by Crippen LogP contribution is -2.48. The highest BCUT2D eigenvalue weighted by molar-refractivity contribution is 7.13. The van der Waals surface area contributed by atoms with Gasteiger partial charge in [-0.05, 0) is 23.8 Å². The zero-order valence-corrected chi connectivity index (χ0v) is 18.5. The van der Waals surface area contributed by atoms with Crippen molar-refractivity contribution in [2.24, 2.45) is 5.73 Å².